The van der Waals surface area contributed by atoms with Crippen LogP contribution in [0.15, 0.2) is 24.5 Å². The normalized spacial score (nSPS) is 34.8. The lowest BCUT2D eigenvalue weighted by molar-refractivity contribution is -0.222. The molecule has 2 aliphatic rings. The molecule has 3 atom stereocenters. The average Bonchev–Trinajstić information content (AvgIpc) is 2.47. The summed E-state index contributed by atoms with van der Waals surface area (Å²) in [5.41, 5.74) is 5.96. The summed E-state index contributed by atoms with van der Waals surface area (Å²) >= 11 is 0. The van der Waals surface area contributed by atoms with E-state index in [4.69, 9.17) is 10.5 Å². The molecule has 1 amide bonds. The van der Waals surface area contributed by atoms with Crippen molar-refractivity contribution >= 4 is 11.6 Å². The number of amides is 1. The van der Waals surface area contributed by atoms with Gasteiger partial charge in [-0.05, 0) is 25.0 Å². The SMILES string of the molecule is CC1(C)C2OCCCC2C1(N)C(=O)Nc1cccnc1. The van der Waals surface area contributed by atoms with Crippen LogP contribution in [-0.4, -0.2) is 29.1 Å². The van der Waals surface area contributed by atoms with Crippen molar-refractivity contribution < 1.29 is 9.53 Å². The fourth-order valence-corrected chi connectivity index (χ4v) is 3.71. The van der Waals surface area contributed by atoms with Crippen LogP contribution < -0.4 is 11.1 Å². The lowest BCUT2D eigenvalue weighted by atomic mass is 9.46. The Morgan fingerprint density at radius 2 is 2.35 bits per heavy atom. The fourth-order valence-electron chi connectivity index (χ4n) is 3.71. The zero-order valence-electron chi connectivity index (χ0n) is 11.9. The van der Waals surface area contributed by atoms with E-state index in [-0.39, 0.29) is 23.3 Å². The van der Waals surface area contributed by atoms with Gasteiger partial charge in [0.1, 0.15) is 5.54 Å². The molecule has 1 aromatic heterocycles. The van der Waals surface area contributed by atoms with E-state index in [0.717, 1.165) is 19.4 Å². The lowest BCUT2D eigenvalue weighted by Gasteiger charge is -2.65. The molecule has 2 heterocycles. The smallest absolute Gasteiger partial charge is 0.245 e. The van der Waals surface area contributed by atoms with Crippen molar-refractivity contribution in [1.29, 1.82) is 0 Å². The summed E-state index contributed by atoms with van der Waals surface area (Å²) in [5.74, 6) is -0.0369. The minimum atomic E-state index is -0.881. The molecule has 3 N–H and O–H groups in total. The second kappa shape index (κ2) is 4.53. The number of rotatable bonds is 2. The van der Waals surface area contributed by atoms with Crippen molar-refractivity contribution in [3.8, 4) is 0 Å². The van der Waals surface area contributed by atoms with Gasteiger partial charge in [0.25, 0.3) is 0 Å². The Morgan fingerprint density at radius 3 is 3.05 bits per heavy atom. The number of nitrogens with one attached hydrogen (secondary N) is 1. The number of hydrogen-bond acceptors (Lipinski definition) is 4. The van der Waals surface area contributed by atoms with Crippen molar-refractivity contribution in [2.45, 2.75) is 38.3 Å². The van der Waals surface area contributed by atoms with Gasteiger partial charge in [-0.2, -0.15) is 0 Å². The highest BCUT2D eigenvalue weighted by atomic mass is 16.5. The maximum absolute atomic E-state index is 12.7. The van der Waals surface area contributed by atoms with Gasteiger partial charge in [0.15, 0.2) is 0 Å². The molecule has 2 fully saturated rings. The van der Waals surface area contributed by atoms with Gasteiger partial charge in [-0.1, -0.05) is 13.8 Å². The molecule has 3 unspecified atom stereocenters. The van der Waals surface area contributed by atoms with Crippen LogP contribution in [-0.2, 0) is 9.53 Å². The maximum atomic E-state index is 12.7. The number of ether oxygens (including phenoxy) is 1. The van der Waals surface area contributed by atoms with E-state index < -0.39 is 5.54 Å². The molecular weight excluding hydrogens is 254 g/mol. The van der Waals surface area contributed by atoms with Crippen LogP contribution in [0.4, 0.5) is 5.69 Å². The van der Waals surface area contributed by atoms with E-state index in [2.05, 4.69) is 10.3 Å². The van der Waals surface area contributed by atoms with Gasteiger partial charge in [0.05, 0.1) is 18.0 Å². The standard InChI is InChI=1S/C15H21N3O2/c1-14(2)12-11(6-4-8-20-12)15(14,16)13(19)18-10-5-3-7-17-9-10/h3,5,7,9,11-12H,4,6,8,16H2,1-2H3,(H,18,19). The van der Waals surface area contributed by atoms with Gasteiger partial charge >= 0.3 is 0 Å². The topological polar surface area (TPSA) is 77.2 Å². The molecule has 1 aromatic rings. The molecule has 20 heavy (non-hydrogen) atoms. The van der Waals surface area contributed by atoms with Gasteiger partial charge in [-0.15, -0.1) is 0 Å². The van der Waals surface area contributed by atoms with Crippen LogP contribution in [0.1, 0.15) is 26.7 Å². The Balaban J connectivity index is 1.82. The second-order valence-electron chi connectivity index (χ2n) is 6.33. The van der Waals surface area contributed by atoms with Crippen LogP contribution in [0.2, 0.25) is 0 Å². The summed E-state index contributed by atoms with van der Waals surface area (Å²) in [6, 6.07) is 3.60. The Morgan fingerprint density at radius 1 is 1.55 bits per heavy atom. The maximum Gasteiger partial charge on any atom is 0.245 e. The predicted octanol–water partition coefficient (Wildman–Crippen LogP) is 1.55. The number of hydrogen-bond donors (Lipinski definition) is 2. The van der Waals surface area contributed by atoms with Crippen LogP contribution in [0.25, 0.3) is 0 Å². The first-order valence-electron chi connectivity index (χ1n) is 7.10. The van der Waals surface area contributed by atoms with Crippen LogP contribution in [0, 0.1) is 11.3 Å². The quantitative estimate of drug-likeness (QED) is 0.858. The summed E-state index contributed by atoms with van der Waals surface area (Å²) in [6.07, 6.45) is 5.30. The molecule has 0 aromatic carbocycles. The van der Waals surface area contributed by atoms with E-state index in [9.17, 15) is 4.79 Å². The molecule has 0 spiro atoms. The molecule has 0 radical (unpaired) electrons. The largest absolute Gasteiger partial charge is 0.377 e. The molecule has 5 heteroatoms. The summed E-state index contributed by atoms with van der Waals surface area (Å²) in [7, 11) is 0. The van der Waals surface area contributed by atoms with Crippen LogP contribution >= 0.6 is 0 Å². The van der Waals surface area contributed by atoms with E-state index in [1.807, 2.05) is 19.9 Å². The number of carbonyl (C=O) groups excluding carboxylic acids is 1. The molecule has 5 nitrogen and oxygen atoms in total. The van der Waals surface area contributed by atoms with Crippen molar-refractivity contribution in [3.63, 3.8) is 0 Å². The number of carbonyl (C=O) groups is 1. The first kappa shape index (κ1) is 13.5. The summed E-state index contributed by atoms with van der Waals surface area (Å²) < 4.78 is 5.82. The van der Waals surface area contributed by atoms with Crippen molar-refractivity contribution in [1.82, 2.24) is 4.98 Å². The zero-order chi connectivity index (χ0) is 14.4. The molecule has 1 aliphatic heterocycles. The Hall–Kier alpha value is -1.46. The number of fused-ring (bicyclic) bond motifs is 1. The van der Waals surface area contributed by atoms with E-state index >= 15 is 0 Å². The molecule has 108 valence electrons. The third-order valence-electron chi connectivity index (χ3n) is 4.98. The summed E-state index contributed by atoms with van der Waals surface area (Å²) in [4.78, 5) is 16.7. The molecule has 1 saturated heterocycles. The predicted molar refractivity (Wildman–Crippen MR) is 76.0 cm³/mol. The van der Waals surface area contributed by atoms with Crippen molar-refractivity contribution in [2.75, 3.05) is 11.9 Å². The highest BCUT2D eigenvalue weighted by Gasteiger charge is 2.70. The Bertz CT molecular complexity index is 517. The molecular formula is C15H21N3O2. The number of nitrogens with zero attached hydrogens (tertiary/aromatic N) is 1. The first-order chi connectivity index (χ1) is 9.48. The highest BCUT2D eigenvalue weighted by molar-refractivity contribution is 6.00. The Kier molecular flexibility index (Phi) is 3.06. The van der Waals surface area contributed by atoms with E-state index in [1.54, 1.807) is 18.5 Å². The fraction of sp³-hybridized carbons (Fsp3) is 0.600. The monoisotopic (exact) mass is 275 g/mol. The van der Waals surface area contributed by atoms with Gasteiger partial charge in [-0.3, -0.25) is 9.78 Å². The second-order valence-corrected chi connectivity index (χ2v) is 6.33. The number of aromatic nitrogens is 1. The third kappa shape index (κ3) is 1.70. The Labute approximate surface area is 118 Å². The first-order valence-corrected chi connectivity index (χ1v) is 7.10. The third-order valence-corrected chi connectivity index (χ3v) is 4.98. The minimum Gasteiger partial charge on any atom is -0.377 e. The number of nitrogens with two attached hydrogens (primary N) is 1. The molecule has 1 saturated carbocycles. The van der Waals surface area contributed by atoms with Crippen LogP contribution in [0.3, 0.4) is 0 Å². The highest BCUT2D eigenvalue weighted by Crippen LogP contribution is 2.57. The molecule has 1 aliphatic carbocycles. The van der Waals surface area contributed by atoms with Gasteiger partial charge in [-0.25, -0.2) is 0 Å². The van der Waals surface area contributed by atoms with Crippen molar-refractivity contribution in [2.24, 2.45) is 17.1 Å². The van der Waals surface area contributed by atoms with Gasteiger partial charge in [0, 0.05) is 24.1 Å². The number of anilines is 1. The lowest BCUT2D eigenvalue weighted by Crippen LogP contribution is -2.81. The van der Waals surface area contributed by atoms with E-state index in [1.165, 1.54) is 0 Å². The minimum absolute atomic E-state index is 0.0842. The molecule has 3 rings (SSSR count). The average molecular weight is 275 g/mol. The summed E-state index contributed by atoms with van der Waals surface area (Å²) in [5, 5.41) is 2.89. The van der Waals surface area contributed by atoms with Gasteiger partial charge in [0.2, 0.25) is 5.91 Å². The molecule has 0 bridgehead atoms. The van der Waals surface area contributed by atoms with Crippen molar-refractivity contribution in [3.05, 3.63) is 24.5 Å². The number of pyridine rings is 1. The van der Waals surface area contributed by atoms with Crippen LogP contribution in [0.5, 0.6) is 0 Å². The zero-order valence-corrected chi connectivity index (χ0v) is 11.9. The van der Waals surface area contributed by atoms with Gasteiger partial charge < -0.3 is 15.8 Å². The van der Waals surface area contributed by atoms with E-state index in [0.29, 0.717) is 5.69 Å². The summed E-state index contributed by atoms with van der Waals surface area (Å²) in [6.45, 7) is 4.80.